The molecule has 0 amide bonds. The van der Waals surface area contributed by atoms with Gasteiger partial charge < -0.3 is 4.74 Å². The minimum atomic E-state index is -0.652. The molecular formula is C21H23Cl2NO3. The van der Waals surface area contributed by atoms with E-state index in [-0.39, 0.29) is 11.8 Å². The minimum Gasteiger partial charge on any atom is -0.465 e. The number of halogens is 2. The van der Waals surface area contributed by atoms with Crippen molar-refractivity contribution in [3.05, 3.63) is 45.1 Å². The molecule has 0 saturated carbocycles. The van der Waals surface area contributed by atoms with E-state index in [1.54, 1.807) is 18.2 Å². The van der Waals surface area contributed by atoms with Gasteiger partial charge in [-0.25, -0.2) is 0 Å². The maximum atomic E-state index is 12.9. The summed E-state index contributed by atoms with van der Waals surface area (Å²) in [7, 11) is 0. The van der Waals surface area contributed by atoms with Gasteiger partial charge >= 0.3 is 5.97 Å². The van der Waals surface area contributed by atoms with E-state index in [0.29, 0.717) is 34.4 Å². The van der Waals surface area contributed by atoms with Crippen LogP contribution in [0.25, 0.3) is 0 Å². The summed E-state index contributed by atoms with van der Waals surface area (Å²) in [5.74, 6) is -1.45. The average Bonchev–Trinajstić information content (AvgIpc) is 2.61. The summed E-state index contributed by atoms with van der Waals surface area (Å²) in [5, 5.41) is 0.954. The van der Waals surface area contributed by atoms with Crippen LogP contribution in [0.5, 0.6) is 0 Å². The highest BCUT2D eigenvalue weighted by Crippen LogP contribution is 2.45. The number of aliphatic imine (C=N–C) groups is 1. The van der Waals surface area contributed by atoms with Gasteiger partial charge in [-0.15, -0.1) is 0 Å². The number of allylic oxidation sites excluding steroid dienone is 2. The molecule has 6 heteroatoms. The van der Waals surface area contributed by atoms with Gasteiger partial charge in [0.1, 0.15) is 5.92 Å². The number of Topliss-reactive ketones (excluding diaryl/α,β-unsaturated/α-hetero) is 1. The average molecular weight is 408 g/mol. The molecule has 0 saturated heterocycles. The molecular weight excluding hydrogens is 385 g/mol. The summed E-state index contributed by atoms with van der Waals surface area (Å²) in [6.45, 7) is 4.22. The van der Waals surface area contributed by atoms with Crippen LogP contribution < -0.4 is 0 Å². The van der Waals surface area contributed by atoms with Crippen molar-refractivity contribution in [1.29, 1.82) is 0 Å². The molecule has 144 valence electrons. The van der Waals surface area contributed by atoms with Crippen molar-refractivity contribution in [1.82, 2.24) is 0 Å². The molecule has 1 heterocycles. The fraction of sp³-hybridized carbons (Fsp3) is 0.476. The van der Waals surface area contributed by atoms with Crippen molar-refractivity contribution in [3.63, 3.8) is 0 Å². The predicted molar refractivity (Wildman–Crippen MR) is 108 cm³/mol. The van der Waals surface area contributed by atoms with E-state index in [1.807, 2.05) is 13.8 Å². The first-order chi connectivity index (χ1) is 12.9. The van der Waals surface area contributed by atoms with Crippen LogP contribution in [0.3, 0.4) is 0 Å². The SMILES string of the molecule is CCCCOC(=O)C1C(C)=NC2=C(C(=O)CCC2)[C@H]1c1ccc(Cl)cc1Cl. The summed E-state index contributed by atoms with van der Waals surface area (Å²) in [4.78, 5) is 30.3. The summed E-state index contributed by atoms with van der Waals surface area (Å²) in [6.07, 6.45) is 3.71. The van der Waals surface area contributed by atoms with Gasteiger partial charge in [-0.1, -0.05) is 42.6 Å². The smallest absolute Gasteiger partial charge is 0.315 e. The predicted octanol–water partition coefficient (Wildman–Crippen LogP) is 5.52. The Hall–Kier alpha value is -1.65. The third kappa shape index (κ3) is 4.12. The van der Waals surface area contributed by atoms with Crippen LogP contribution in [-0.2, 0) is 14.3 Å². The lowest BCUT2D eigenvalue weighted by Crippen LogP contribution is -2.37. The quantitative estimate of drug-likeness (QED) is 0.476. The van der Waals surface area contributed by atoms with Crippen molar-refractivity contribution in [2.24, 2.45) is 10.9 Å². The van der Waals surface area contributed by atoms with E-state index >= 15 is 0 Å². The Labute approximate surface area is 169 Å². The van der Waals surface area contributed by atoms with Crippen LogP contribution in [0, 0.1) is 5.92 Å². The van der Waals surface area contributed by atoms with E-state index in [4.69, 9.17) is 27.9 Å². The number of unbranched alkanes of at least 4 members (excludes halogenated alkanes) is 1. The molecule has 1 unspecified atom stereocenters. The Morgan fingerprint density at radius 1 is 1.30 bits per heavy atom. The van der Waals surface area contributed by atoms with E-state index in [2.05, 4.69) is 4.99 Å². The molecule has 2 aliphatic rings. The number of hydrogen-bond donors (Lipinski definition) is 0. The molecule has 0 spiro atoms. The normalized spacial score (nSPS) is 22.4. The van der Waals surface area contributed by atoms with Gasteiger partial charge in [-0.05, 0) is 43.9 Å². The van der Waals surface area contributed by atoms with Crippen LogP contribution in [0.2, 0.25) is 10.0 Å². The number of rotatable bonds is 5. The van der Waals surface area contributed by atoms with Crippen LogP contribution in [0.15, 0.2) is 34.5 Å². The topological polar surface area (TPSA) is 55.7 Å². The Balaban J connectivity index is 2.08. The molecule has 27 heavy (non-hydrogen) atoms. The first-order valence-electron chi connectivity index (χ1n) is 9.37. The lowest BCUT2D eigenvalue weighted by atomic mass is 9.71. The van der Waals surface area contributed by atoms with Crippen molar-refractivity contribution in [3.8, 4) is 0 Å². The number of carbonyl (C=O) groups excluding carboxylic acids is 2. The lowest BCUT2D eigenvalue weighted by Gasteiger charge is -2.34. The zero-order valence-electron chi connectivity index (χ0n) is 15.6. The van der Waals surface area contributed by atoms with Gasteiger partial charge in [0.2, 0.25) is 0 Å². The molecule has 3 rings (SSSR count). The Bertz CT molecular complexity index is 829. The van der Waals surface area contributed by atoms with Gasteiger partial charge in [-0.3, -0.25) is 14.6 Å². The fourth-order valence-electron chi connectivity index (χ4n) is 3.81. The Morgan fingerprint density at radius 2 is 2.07 bits per heavy atom. The second-order valence-corrected chi connectivity index (χ2v) is 7.88. The van der Waals surface area contributed by atoms with E-state index in [1.165, 1.54) is 0 Å². The van der Waals surface area contributed by atoms with E-state index in [9.17, 15) is 9.59 Å². The zero-order valence-corrected chi connectivity index (χ0v) is 17.1. The first kappa shape index (κ1) is 20.1. The van der Waals surface area contributed by atoms with Gasteiger partial charge in [0.15, 0.2) is 5.78 Å². The van der Waals surface area contributed by atoms with Crippen LogP contribution >= 0.6 is 23.2 Å². The number of nitrogens with zero attached hydrogens (tertiary/aromatic N) is 1. The first-order valence-corrected chi connectivity index (χ1v) is 10.1. The van der Waals surface area contributed by atoms with Crippen LogP contribution in [0.4, 0.5) is 0 Å². The monoisotopic (exact) mass is 407 g/mol. The fourth-order valence-corrected chi connectivity index (χ4v) is 4.33. The highest BCUT2D eigenvalue weighted by atomic mass is 35.5. The largest absolute Gasteiger partial charge is 0.465 e. The Morgan fingerprint density at radius 3 is 2.78 bits per heavy atom. The van der Waals surface area contributed by atoms with Crippen LogP contribution in [-0.4, -0.2) is 24.1 Å². The number of carbonyl (C=O) groups is 2. The van der Waals surface area contributed by atoms with Crippen molar-refractivity contribution in [2.45, 2.75) is 51.9 Å². The molecule has 0 radical (unpaired) electrons. The van der Waals surface area contributed by atoms with Crippen LogP contribution in [0.1, 0.15) is 57.4 Å². The molecule has 0 fully saturated rings. The maximum absolute atomic E-state index is 12.9. The third-order valence-corrected chi connectivity index (χ3v) is 5.69. The number of hydrogen-bond acceptors (Lipinski definition) is 4. The number of esters is 1. The van der Waals surface area contributed by atoms with Crippen molar-refractivity contribution in [2.75, 3.05) is 6.61 Å². The highest BCUT2D eigenvalue weighted by Gasteiger charge is 2.43. The number of ether oxygens (including phenoxy) is 1. The molecule has 2 atom stereocenters. The molecule has 0 aromatic heterocycles. The molecule has 1 aromatic carbocycles. The molecule has 0 bridgehead atoms. The maximum Gasteiger partial charge on any atom is 0.315 e. The second-order valence-electron chi connectivity index (χ2n) is 7.03. The second kappa shape index (κ2) is 8.57. The zero-order chi connectivity index (χ0) is 19.6. The lowest BCUT2D eigenvalue weighted by molar-refractivity contribution is -0.146. The molecule has 1 aromatic rings. The standard InChI is InChI=1S/C21H23Cl2NO3/c1-3-4-10-27-21(26)18-12(2)24-16-6-5-7-17(25)20(16)19(18)14-9-8-13(22)11-15(14)23/h8-9,11,18-19H,3-7,10H2,1-2H3/t18?,19-/m0/s1. The molecule has 1 aliphatic carbocycles. The minimum absolute atomic E-state index is 0.0369. The van der Waals surface area contributed by atoms with Gasteiger partial charge in [0, 0.05) is 39.4 Å². The van der Waals surface area contributed by atoms with Gasteiger partial charge in [-0.2, -0.15) is 0 Å². The van der Waals surface area contributed by atoms with E-state index < -0.39 is 11.8 Å². The number of benzene rings is 1. The molecule has 4 nitrogen and oxygen atoms in total. The van der Waals surface area contributed by atoms with Crippen molar-refractivity contribution >= 4 is 40.7 Å². The Kier molecular flexibility index (Phi) is 6.38. The van der Waals surface area contributed by atoms with Crippen molar-refractivity contribution < 1.29 is 14.3 Å². The van der Waals surface area contributed by atoms with Gasteiger partial charge in [0.25, 0.3) is 0 Å². The molecule has 1 aliphatic heterocycles. The molecule has 0 N–H and O–H groups in total. The van der Waals surface area contributed by atoms with Gasteiger partial charge in [0.05, 0.1) is 6.61 Å². The number of ketones is 1. The van der Waals surface area contributed by atoms with E-state index in [0.717, 1.165) is 36.9 Å². The summed E-state index contributed by atoms with van der Waals surface area (Å²) in [6, 6.07) is 5.18. The summed E-state index contributed by atoms with van der Waals surface area (Å²) in [5.41, 5.74) is 2.77. The summed E-state index contributed by atoms with van der Waals surface area (Å²) < 4.78 is 5.50. The highest BCUT2D eigenvalue weighted by molar-refractivity contribution is 6.35. The third-order valence-electron chi connectivity index (χ3n) is 5.13. The summed E-state index contributed by atoms with van der Waals surface area (Å²) >= 11 is 12.5.